The average molecular weight is 780 g/mol. The lowest BCUT2D eigenvalue weighted by atomic mass is 10.1. The van der Waals surface area contributed by atoms with Crippen LogP contribution in [0.25, 0.3) is 21.8 Å². The molecule has 4 aromatic rings. The molecule has 54 heavy (non-hydrogen) atoms. The first-order valence-corrected chi connectivity index (χ1v) is 20.5. The van der Waals surface area contributed by atoms with Gasteiger partial charge >= 0.3 is 0 Å². The van der Waals surface area contributed by atoms with Gasteiger partial charge in [0.1, 0.15) is 0 Å². The van der Waals surface area contributed by atoms with Gasteiger partial charge in [0, 0.05) is 69.5 Å². The largest absolute Gasteiger partial charge is 0.382 e. The number of carbonyl (C=O) groups excluding carboxylic acids is 2. The summed E-state index contributed by atoms with van der Waals surface area (Å²) in [4.78, 5) is 40.2. The maximum absolute atomic E-state index is 13.1. The van der Waals surface area contributed by atoms with E-state index in [0.717, 1.165) is 87.1 Å². The van der Waals surface area contributed by atoms with Crippen LogP contribution in [0.2, 0.25) is 10.0 Å². The van der Waals surface area contributed by atoms with E-state index >= 15 is 0 Å². The zero-order chi connectivity index (χ0) is 39.0. The monoisotopic (exact) mass is 778 g/mol. The van der Waals surface area contributed by atoms with Gasteiger partial charge in [0.05, 0.1) is 22.4 Å². The number of hydrogen-bond acceptors (Lipinski definition) is 8. The number of nitrogens with one attached hydrogen (secondary N) is 4. The third-order valence-corrected chi connectivity index (χ3v) is 10.5. The third kappa shape index (κ3) is 13.0. The van der Waals surface area contributed by atoms with E-state index in [2.05, 4.69) is 82.6 Å². The van der Waals surface area contributed by atoms with Crippen LogP contribution in [-0.4, -0.2) is 82.9 Å². The molecule has 2 atom stereocenters. The number of fused-ring (bicyclic) bond motifs is 2. The Labute approximate surface area is 332 Å². The molecule has 0 aliphatic carbocycles. The smallest absolute Gasteiger partial charge is 0.224 e. The van der Waals surface area contributed by atoms with E-state index in [1.54, 1.807) is 24.5 Å². The van der Waals surface area contributed by atoms with Crippen molar-refractivity contribution in [3.8, 4) is 0 Å². The maximum atomic E-state index is 13.1. The van der Waals surface area contributed by atoms with Crippen molar-refractivity contribution in [2.75, 3.05) is 60.5 Å². The summed E-state index contributed by atoms with van der Waals surface area (Å²) in [5.41, 5.74) is 4.37. The zero-order valence-electron chi connectivity index (χ0n) is 33.0. The van der Waals surface area contributed by atoms with Crippen LogP contribution in [0.15, 0.2) is 48.8 Å². The van der Waals surface area contributed by atoms with Crippen molar-refractivity contribution in [2.24, 2.45) is 0 Å². The Hall–Kier alpha value is -3.70. The molecule has 2 aromatic heterocycles. The van der Waals surface area contributed by atoms with Crippen molar-refractivity contribution >= 4 is 79.6 Å². The van der Waals surface area contributed by atoms with E-state index in [4.69, 9.17) is 23.2 Å². The van der Waals surface area contributed by atoms with E-state index in [9.17, 15) is 9.59 Å². The first-order valence-electron chi connectivity index (χ1n) is 19.8. The molecule has 12 heteroatoms. The zero-order valence-corrected chi connectivity index (χ0v) is 34.5. The molecule has 2 aromatic carbocycles. The Bertz CT molecular complexity index is 1680. The number of benzene rings is 2. The molecule has 2 heterocycles. The van der Waals surface area contributed by atoms with Gasteiger partial charge in [-0.2, -0.15) is 0 Å². The van der Waals surface area contributed by atoms with E-state index < -0.39 is 0 Å². The minimum atomic E-state index is -0.156. The van der Waals surface area contributed by atoms with Gasteiger partial charge in [-0.05, 0) is 128 Å². The van der Waals surface area contributed by atoms with E-state index in [1.165, 1.54) is 0 Å². The number of unbranched alkanes of at least 4 members (excludes halogenated alkanes) is 1. The fraction of sp³-hybridized carbons (Fsp3) is 0.524. The molecule has 4 rings (SSSR count). The SMILES string of the molecule is CCN(CC)CCCC(C)Nc1ccnc2c(NC(=O)CCCCC(=O)Nc3cc(Cl)cc4c(NC(C)CCCN(CC)CC)ccnc34)cc(Cl)cc12. The summed E-state index contributed by atoms with van der Waals surface area (Å²) < 4.78 is 0. The fourth-order valence-electron chi connectivity index (χ4n) is 6.88. The number of pyridine rings is 2. The summed E-state index contributed by atoms with van der Waals surface area (Å²) in [6, 6.07) is 11.7. The highest BCUT2D eigenvalue weighted by molar-refractivity contribution is 6.32. The molecule has 0 radical (unpaired) electrons. The summed E-state index contributed by atoms with van der Waals surface area (Å²) in [7, 11) is 0. The summed E-state index contributed by atoms with van der Waals surface area (Å²) in [6.45, 7) is 19.5. The Morgan fingerprint density at radius 1 is 0.611 bits per heavy atom. The second-order valence-corrected chi connectivity index (χ2v) is 15.0. The highest BCUT2D eigenvalue weighted by Crippen LogP contribution is 2.33. The molecule has 10 nitrogen and oxygen atoms in total. The van der Waals surface area contributed by atoms with Crippen LogP contribution in [0.4, 0.5) is 22.7 Å². The number of anilines is 4. The normalized spacial score (nSPS) is 12.7. The Morgan fingerprint density at radius 3 is 1.37 bits per heavy atom. The molecule has 294 valence electrons. The number of nitrogens with zero attached hydrogens (tertiary/aromatic N) is 4. The molecule has 0 fully saturated rings. The van der Waals surface area contributed by atoms with Gasteiger partial charge in [-0.25, -0.2) is 0 Å². The highest BCUT2D eigenvalue weighted by atomic mass is 35.5. The second-order valence-electron chi connectivity index (χ2n) is 14.1. The second kappa shape index (κ2) is 22.0. The van der Waals surface area contributed by atoms with Crippen LogP contribution in [-0.2, 0) is 9.59 Å². The minimum Gasteiger partial charge on any atom is -0.382 e. The molecule has 2 unspecified atom stereocenters. The molecule has 0 spiro atoms. The third-order valence-electron chi connectivity index (χ3n) is 10.0. The highest BCUT2D eigenvalue weighted by Gasteiger charge is 2.16. The van der Waals surface area contributed by atoms with Gasteiger partial charge < -0.3 is 31.1 Å². The number of aromatic nitrogens is 2. The minimum absolute atomic E-state index is 0.156. The van der Waals surface area contributed by atoms with Crippen molar-refractivity contribution in [2.45, 2.75) is 105 Å². The Morgan fingerprint density at radius 2 is 1.00 bits per heavy atom. The number of halogens is 2. The Balaban J connectivity index is 1.29. The predicted molar refractivity (Wildman–Crippen MR) is 229 cm³/mol. The van der Waals surface area contributed by atoms with Crippen molar-refractivity contribution < 1.29 is 9.59 Å². The Kier molecular flexibility index (Phi) is 17.5. The molecule has 2 amide bonds. The van der Waals surface area contributed by atoms with Crippen LogP contribution in [0.1, 0.15) is 92.9 Å². The summed E-state index contributed by atoms with van der Waals surface area (Å²) in [5, 5.41) is 16.0. The number of rotatable bonds is 23. The summed E-state index contributed by atoms with van der Waals surface area (Å²) in [6.07, 6.45) is 9.37. The summed E-state index contributed by atoms with van der Waals surface area (Å²) >= 11 is 13.1. The summed E-state index contributed by atoms with van der Waals surface area (Å²) in [5.74, 6) is -0.312. The molecule has 0 bridgehead atoms. The van der Waals surface area contributed by atoms with Crippen molar-refractivity contribution in [3.05, 3.63) is 58.8 Å². The van der Waals surface area contributed by atoms with Gasteiger partial charge in [-0.3, -0.25) is 19.6 Å². The lowest BCUT2D eigenvalue weighted by molar-refractivity contribution is -0.118. The van der Waals surface area contributed by atoms with E-state index in [0.29, 0.717) is 45.3 Å². The fourth-order valence-corrected chi connectivity index (χ4v) is 7.31. The van der Waals surface area contributed by atoms with Crippen LogP contribution in [0, 0.1) is 0 Å². The lowest BCUT2D eigenvalue weighted by Crippen LogP contribution is -2.25. The number of carbonyl (C=O) groups is 2. The topological polar surface area (TPSA) is 115 Å². The van der Waals surface area contributed by atoms with E-state index in [1.807, 2.05) is 24.3 Å². The average Bonchev–Trinajstić information content (AvgIpc) is 3.14. The van der Waals surface area contributed by atoms with Gasteiger partial charge in [0.15, 0.2) is 0 Å². The molecule has 0 aliphatic rings. The number of amides is 2. The van der Waals surface area contributed by atoms with Crippen LogP contribution < -0.4 is 21.3 Å². The van der Waals surface area contributed by atoms with Crippen LogP contribution in [0.5, 0.6) is 0 Å². The lowest BCUT2D eigenvalue weighted by Gasteiger charge is -2.21. The van der Waals surface area contributed by atoms with Gasteiger partial charge in [-0.1, -0.05) is 50.9 Å². The van der Waals surface area contributed by atoms with E-state index in [-0.39, 0.29) is 36.7 Å². The molecule has 0 aliphatic heterocycles. The van der Waals surface area contributed by atoms with Gasteiger partial charge in [0.25, 0.3) is 0 Å². The molecular weight excluding hydrogens is 719 g/mol. The first-order chi connectivity index (χ1) is 26.0. The van der Waals surface area contributed by atoms with Gasteiger partial charge in [0.2, 0.25) is 11.8 Å². The maximum Gasteiger partial charge on any atom is 0.224 e. The quantitative estimate of drug-likeness (QED) is 0.0551. The standard InChI is InChI=1S/C42H60Cl2N8O2/c1-7-51(8-2)23-13-15-29(5)47-35-19-21-45-41-33(35)25-31(43)27-37(41)49-39(53)17-11-12-18-40(54)50-38-28-32(44)26-34-36(20-22-46-42(34)38)48-30(6)16-14-24-52(9-3)10-4/h19-22,25-30H,7-18,23-24H2,1-6H3,(H,45,47)(H,46,48)(H,49,53)(H,50,54). The number of hydrogen-bond donors (Lipinski definition) is 4. The van der Waals surface area contributed by atoms with Crippen molar-refractivity contribution in [1.29, 1.82) is 0 Å². The van der Waals surface area contributed by atoms with Gasteiger partial charge in [-0.15, -0.1) is 0 Å². The molecule has 0 saturated heterocycles. The van der Waals surface area contributed by atoms with Crippen molar-refractivity contribution in [3.63, 3.8) is 0 Å². The first kappa shape index (κ1) is 43.0. The van der Waals surface area contributed by atoms with Crippen LogP contribution in [0.3, 0.4) is 0 Å². The molecule has 4 N–H and O–H groups in total. The van der Waals surface area contributed by atoms with Crippen LogP contribution >= 0.6 is 23.2 Å². The molecular formula is C42H60Cl2N8O2. The molecule has 0 saturated carbocycles. The predicted octanol–water partition coefficient (Wildman–Crippen LogP) is 10.1. The van der Waals surface area contributed by atoms with Crippen molar-refractivity contribution in [1.82, 2.24) is 19.8 Å².